The Kier molecular flexibility index (Phi) is 5.97. The van der Waals surface area contributed by atoms with Gasteiger partial charge >= 0.3 is 0 Å². The largest absolute Gasteiger partial charge is 0.313 e. The summed E-state index contributed by atoms with van der Waals surface area (Å²) in [5, 5.41) is 3.22. The zero-order valence-electron chi connectivity index (χ0n) is 12.2. The van der Waals surface area contributed by atoms with Crippen LogP contribution < -0.4 is 10.0 Å². The highest BCUT2D eigenvalue weighted by Crippen LogP contribution is 2.15. The van der Waals surface area contributed by atoms with E-state index in [0.717, 1.165) is 17.7 Å². The first kappa shape index (κ1) is 16.1. The van der Waals surface area contributed by atoms with Gasteiger partial charge in [-0.2, -0.15) is 0 Å². The van der Waals surface area contributed by atoms with Gasteiger partial charge in [0.25, 0.3) is 0 Å². The SMILES string of the molecule is CCNCc1cc(S(=O)(=O)NCC(C)C)ccc1C. The molecule has 0 aliphatic carbocycles. The first-order valence-corrected chi connectivity index (χ1v) is 8.15. The molecule has 0 spiro atoms. The molecule has 1 aromatic rings. The molecule has 0 amide bonds. The van der Waals surface area contributed by atoms with E-state index in [1.165, 1.54) is 0 Å². The van der Waals surface area contributed by atoms with Crippen molar-refractivity contribution in [2.75, 3.05) is 13.1 Å². The monoisotopic (exact) mass is 284 g/mol. The van der Waals surface area contributed by atoms with Crippen molar-refractivity contribution in [3.8, 4) is 0 Å². The molecular weight excluding hydrogens is 260 g/mol. The van der Waals surface area contributed by atoms with E-state index in [-0.39, 0.29) is 0 Å². The molecule has 1 rings (SSSR count). The number of rotatable bonds is 7. The van der Waals surface area contributed by atoms with Gasteiger partial charge in [-0.3, -0.25) is 0 Å². The minimum Gasteiger partial charge on any atom is -0.313 e. The second-order valence-electron chi connectivity index (χ2n) is 5.11. The Morgan fingerprint density at radius 3 is 2.53 bits per heavy atom. The molecule has 0 radical (unpaired) electrons. The molecule has 0 fully saturated rings. The summed E-state index contributed by atoms with van der Waals surface area (Å²) >= 11 is 0. The molecule has 4 nitrogen and oxygen atoms in total. The van der Waals surface area contributed by atoms with Crippen LogP contribution in [0.5, 0.6) is 0 Å². The Morgan fingerprint density at radius 2 is 1.95 bits per heavy atom. The van der Waals surface area contributed by atoms with Crippen LogP contribution in [-0.2, 0) is 16.6 Å². The van der Waals surface area contributed by atoms with Crippen LogP contribution in [0.25, 0.3) is 0 Å². The van der Waals surface area contributed by atoms with Crippen LogP contribution in [0.1, 0.15) is 31.9 Å². The highest BCUT2D eigenvalue weighted by molar-refractivity contribution is 7.89. The zero-order valence-corrected chi connectivity index (χ0v) is 13.0. The summed E-state index contributed by atoms with van der Waals surface area (Å²) in [5.74, 6) is 0.293. The lowest BCUT2D eigenvalue weighted by molar-refractivity contribution is 0.560. The van der Waals surface area contributed by atoms with E-state index in [0.29, 0.717) is 23.9 Å². The third-order valence-electron chi connectivity index (χ3n) is 2.88. The van der Waals surface area contributed by atoms with E-state index in [1.807, 2.05) is 33.8 Å². The van der Waals surface area contributed by atoms with Crippen LogP contribution in [0.2, 0.25) is 0 Å². The molecule has 0 saturated carbocycles. The normalized spacial score (nSPS) is 12.1. The molecule has 0 atom stereocenters. The van der Waals surface area contributed by atoms with E-state index in [9.17, 15) is 8.42 Å². The fraction of sp³-hybridized carbons (Fsp3) is 0.571. The van der Waals surface area contributed by atoms with E-state index in [4.69, 9.17) is 0 Å². The predicted molar refractivity (Wildman–Crippen MR) is 78.6 cm³/mol. The van der Waals surface area contributed by atoms with Gasteiger partial charge in [0.15, 0.2) is 0 Å². The molecule has 0 aromatic heterocycles. The summed E-state index contributed by atoms with van der Waals surface area (Å²) in [6.45, 7) is 9.99. The molecule has 0 saturated heterocycles. The fourth-order valence-electron chi connectivity index (χ4n) is 1.62. The maximum absolute atomic E-state index is 12.1. The Labute approximate surface area is 116 Å². The van der Waals surface area contributed by atoms with E-state index in [1.54, 1.807) is 12.1 Å². The number of sulfonamides is 1. The van der Waals surface area contributed by atoms with Crippen LogP contribution in [0, 0.1) is 12.8 Å². The van der Waals surface area contributed by atoms with Crippen LogP contribution in [0.15, 0.2) is 23.1 Å². The van der Waals surface area contributed by atoms with Gasteiger partial charge in [-0.25, -0.2) is 13.1 Å². The second-order valence-corrected chi connectivity index (χ2v) is 6.88. The van der Waals surface area contributed by atoms with Crippen molar-refractivity contribution in [2.24, 2.45) is 5.92 Å². The standard InChI is InChI=1S/C14H24N2O2S/c1-5-15-10-13-8-14(7-6-12(13)4)19(17,18)16-9-11(2)3/h6-8,11,15-16H,5,9-10H2,1-4H3. The van der Waals surface area contributed by atoms with Crippen molar-refractivity contribution in [1.29, 1.82) is 0 Å². The van der Waals surface area contributed by atoms with Gasteiger partial charge in [-0.1, -0.05) is 26.8 Å². The van der Waals surface area contributed by atoms with Crippen molar-refractivity contribution >= 4 is 10.0 Å². The number of hydrogen-bond acceptors (Lipinski definition) is 3. The Balaban J connectivity index is 2.94. The van der Waals surface area contributed by atoms with E-state index in [2.05, 4.69) is 10.0 Å². The molecule has 0 aliphatic rings. The number of aryl methyl sites for hydroxylation is 1. The molecule has 2 N–H and O–H groups in total. The Morgan fingerprint density at radius 1 is 1.26 bits per heavy atom. The summed E-state index contributed by atoms with van der Waals surface area (Å²) in [4.78, 5) is 0.339. The van der Waals surface area contributed by atoms with Crippen molar-refractivity contribution in [3.63, 3.8) is 0 Å². The molecular formula is C14H24N2O2S. The minimum absolute atomic E-state index is 0.293. The zero-order chi connectivity index (χ0) is 14.5. The number of benzene rings is 1. The molecule has 1 aromatic carbocycles. The van der Waals surface area contributed by atoms with Crippen molar-refractivity contribution in [1.82, 2.24) is 10.0 Å². The lowest BCUT2D eigenvalue weighted by Crippen LogP contribution is -2.27. The smallest absolute Gasteiger partial charge is 0.240 e. The molecule has 0 aliphatic heterocycles. The predicted octanol–water partition coefficient (Wildman–Crippen LogP) is 2.04. The first-order valence-electron chi connectivity index (χ1n) is 6.66. The third kappa shape index (κ3) is 4.93. The summed E-state index contributed by atoms with van der Waals surface area (Å²) in [6.07, 6.45) is 0. The fourth-order valence-corrected chi connectivity index (χ4v) is 2.89. The van der Waals surface area contributed by atoms with Crippen LogP contribution >= 0.6 is 0 Å². The Bertz CT molecular complexity index is 510. The molecule has 0 bridgehead atoms. The van der Waals surface area contributed by atoms with Gasteiger partial charge < -0.3 is 5.32 Å². The molecule has 19 heavy (non-hydrogen) atoms. The summed E-state index contributed by atoms with van der Waals surface area (Å²) in [5.41, 5.74) is 2.12. The summed E-state index contributed by atoms with van der Waals surface area (Å²) in [6, 6.07) is 5.27. The van der Waals surface area contributed by atoms with E-state index < -0.39 is 10.0 Å². The van der Waals surface area contributed by atoms with Crippen LogP contribution in [-0.4, -0.2) is 21.5 Å². The van der Waals surface area contributed by atoms with Gasteiger partial charge in [0.2, 0.25) is 10.0 Å². The van der Waals surface area contributed by atoms with Gasteiger partial charge in [0, 0.05) is 13.1 Å². The lowest BCUT2D eigenvalue weighted by atomic mass is 10.1. The maximum atomic E-state index is 12.1. The van der Waals surface area contributed by atoms with Crippen LogP contribution in [0.3, 0.4) is 0 Å². The number of nitrogens with one attached hydrogen (secondary N) is 2. The maximum Gasteiger partial charge on any atom is 0.240 e. The second kappa shape index (κ2) is 7.03. The number of hydrogen-bond donors (Lipinski definition) is 2. The molecule has 108 valence electrons. The average molecular weight is 284 g/mol. The van der Waals surface area contributed by atoms with E-state index >= 15 is 0 Å². The highest BCUT2D eigenvalue weighted by Gasteiger charge is 2.15. The molecule has 0 heterocycles. The topological polar surface area (TPSA) is 58.2 Å². The summed E-state index contributed by atoms with van der Waals surface area (Å²) < 4.78 is 26.9. The van der Waals surface area contributed by atoms with Gasteiger partial charge in [-0.05, 0) is 42.6 Å². The summed E-state index contributed by atoms with van der Waals surface area (Å²) in [7, 11) is -3.40. The Hall–Kier alpha value is -0.910. The third-order valence-corrected chi connectivity index (χ3v) is 4.30. The lowest BCUT2D eigenvalue weighted by Gasteiger charge is -2.12. The quantitative estimate of drug-likeness (QED) is 0.805. The van der Waals surface area contributed by atoms with Gasteiger partial charge in [0.05, 0.1) is 4.90 Å². The van der Waals surface area contributed by atoms with Crippen molar-refractivity contribution in [2.45, 2.75) is 39.1 Å². The minimum atomic E-state index is -3.40. The van der Waals surface area contributed by atoms with Gasteiger partial charge in [-0.15, -0.1) is 0 Å². The van der Waals surface area contributed by atoms with Crippen molar-refractivity contribution in [3.05, 3.63) is 29.3 Å². The average Bonchev–Trinajstić information content (AvgIpc) is 2.35. The molecule has 5 heteroatoms. The highest BCUT2D eigenvalue weighted by atomic mass is 32.2. The first-order chi connectivity index (χ1) is 8.86. The van der Waals surface area contributed by atoms with Crippen LogP contribution in [0.4, 0.5) is 0 Å². The van der Waals surface area contributed by atoms with Crippen molar-refractivity contribution < 1.29 is 8.42 Å². The molecule has 0 unspecified atom stereocenters. The van der Waals surface area contributed by atoms with Gasteiger partial charge in [0.1, 0.15) is 0 Å².